The molecule has 0 heterocycles. The summed E-state index contributed by atoms with van der Waals surface area (Å²) in [5.74, 6) is -0.648. The number of rotatable bonds is 9. The summed E-state index contributed by atoms with van der Waals surface area (Å²) in [5.41, 5.74) is 3.26. The number of nitrogens with one attached hydrogen (secondary N) is 1. The lowest BCUT2D eigenvalue weighted by Crippen LogP contribution is -2.36. The fraction of sp³-hybridized carbons (Fsp3) is 0.250. The van der Waals surface area contributed by atoms with Crippen LogP contribution in [0.15, 0.2) is 52.5 Å². The highest BCUT2D eigenvalue weighted by Crippen LogP contribution is 2.30. The fourth-order valence-corrected chi connectivity index (χ4v) is 3.77. The van der Waals surface area contributed by atoms with Crippen molar-refractivity contribution in [2.75, 3.05) is 34.9 Å². The molecule has 0 saturated heterocycles. The van der Waals surface area contributed by atoms with Gasteiger partial charge in [-0.2, -0.15) is 9.41 Å². The van der Waals surface area contributed by atoms with Gasteiger partial charge in [0.2, 0.25) is 10.0 Å². The summed E-state index contributed by atoms with van der Waals surface area (Å²) in [6, 6.07) is 10.7. The van der Waals surface area contributed by atoms with Crippen LogP contribution in [0.25, 0.3) is 0 Å². The molecule has 11 heteroatoms. The Morgan fingerprint density at radius 3 is 2.32 bits per heavy atom. The number of amides is 1. The number of methoxy groups -OCH3 is 3. The molecule has 0 unspecified atom stereocenters. The summed E-state index contributed by atoms with van der Waals surface area (Å²) in [6.07, 6.45) is 1.36. The molecule has 166 valence electrons. The van der Waals surface area contributed by atoms with E-state index < -0.39 is 28.4 Å². The topological polar surface area (TPSA) is 124 Å². The van der Waals surface area contributed by atoms with E-state index >= 15 is 0 Å². The van der Waals surface area contributed by atoms with E-state index in [0.29, 0.717) is 16.9 Å². The Morgan fingerprint density at radius 1 is 1.06 bits per heavy atom. The van der Waals surface area contributed by atoms with E-state index in [0.717, 1.165) is 4.31 Å². The van der Waals surface area contributed by atoms with E-state index in [1.54, 1.807) is 30.3 Å². The van der Waals surface area contributed by atoms with Crippen LogP contribution < -0.4 is 14.9 Å². The molecule has 0 bridgehead atoms. The van der Waals surface area contributed by atoms with Crippen LogP contribution in [0.2, 0.25) is 0 Å². The zero-order valence-corrected chi connectivity index (χ0v) is 18.3. The first kappa shape index (κ1) is 23.8. The van der Waals surface area contributed by atoms with E-state index in [1.165, 1.54) is 46.7 Å². The van der Waals surface area contributed by atoms with E-state index in [4.69, 9.17) is 9.47 Å². The van der Waals surface area contributed by atoms with Crippen molar-refractivity contribution in [1.82, 2.24) is 9.73 Å². The molecule has 0 spiro atoms. The standard InChI is InChI=1S/C20H23N3O7S/c1-23(31(26,27)18-11-16(28-2)9-10-17(18)29-3)13-19(24)22-21-12-14-5-7-15(8-6-14)20(25)30-4/h5-12H,13H2,1-4H3,(H,22,24)/b21-12+. The SMILES string of the molecule is COC(=O)c1ccc(/C=N/NC(=O)CN(C)S(=O)(=O)c2cc(OC)ccc2OC)cc1. The zero-order valence-electron chi connectivity index (χ0n) is 17.5. The second-order valence-corrected chi connectivity index (χ2v) is 8.20. The Hall–Kier alpha value is -3.44. The third-order valence-corrected chi connectivity index (χ3v) is 5.98. The Bertz CT molecular complexity index is 1070. The number of likely N-dealkylation sites (N-methyl/N-ethyl adjacent to an activating group) is 1. The first-order chi connectivity index (χ1) is 14.7. The maximum atomic E-state index is 12.9. The molecule has 0 fully saturated rings. The van der Waals surface area contributed by atoms with Crippen LogP contribution in [0.3, 0.4) is 0 Å². The summed E-state index contributed by atoms with van der Waals surface area (Å²) < 4.78 is 41.4. The summed E-state index contributed by atoms with van der Waals surface area (Å²) in [5, 5.41) is 3.80. The Balaban J connectivity index is 2.03. The Labute approximate surface area is 180 Å². The number of hydrogen-bond acceptors (Lipinski definition) is 8. The van der Waals surface area contributed by atoms with Gasteiger partial charge in [0.1, 0.15) is 16.4 Å². The van der Waals surface area contributed by atoms with Crippen LogP contribution in [0, 0.1) is 0 Å². The molecular weight excluding hydrogens is 426 g/mol. The van der Waals surface area contributed by atoms with Crippen LogP contribution in [0.5, 0.6) is 11.5 Å². The van der Waals surface area contributed by atoms with E-state index in [9.17, 15) is 18.0 Å². The van der Waals surface area contributed by atoms with E-state index in [1.807, 2.05) is 0 Å². The van der Waals surface area contributed by atoms with Crippen LogP contribution in [0.1, 0.15) is 15.9 Å². The van der Waals surface area contributed by atoms with E-state index in [2.05, 4.69) is 15.3 Å². The Morgan fingerprint density at radius 2 is 1.74 bits per heavy atom. The first-order valence-corrected chi connectivity index (χ1v) is 10.4. The maximum Gasteiger partial charge on any atom is 0.337 e. The predicted molar refractivity (Wildman–Crippen MR) is 113 cm³/mol. The molecular formula is C20H23N3O7S. The van der Waals surface area contributed by atoms with Gasteiger partial charge in [-0.05, 0) is 29.8 Å². The van der Waals surface area contributed by atoms with Crippen LogP contribution in [0.4, 0.5) is 0 Å². The van der Waals surface area contributed by atoms with Crippen molar-refractivity contribution in [3.63, 3.8) is 0 Å². The number of hydrogen-bond donors (Lipinski definition) is 1. The number of carbonyl (C=O) groups excluding carboxylic acids is 2. The van der Waals surface area contributed by atoms with Gasteiger partial charge in [-0.15, -0.1) is 0 Å². The van der Waals surface area contributed by atoms with Gasteiger partial charge < -0.3 is 14.2 Å². The molecule has 2 rings (SSSR count). The minimum atomic E-state index is -4.03. The van der Waals surface area contributed by atoms with Crippen LogP contribution >= 0.6 is 0 Å². The fourth-order valence-electron chi connectivity index (χ4n) is 2.48. The van der Waals surface area contributed by atoms with Crippen molar-refractivity contribution in [3.8, 4) is 11.5 Å². The predicted octanol–water partition coefficient (Wildman–Crippen LogP) is 1.26. The molecule has 0 aliphatic heterocycles. The lowest BCUT2D eigenvalue weighted by atomic mass is 10.1. The highest BCUT2D eigenvalue weighted by Gasteiger charge is 2.27. The van der Waals surface area contributed by atoms with Gasteiger partial charge in [-0.3, -0.25) is 4.79 Å². The summed E-state index contributed by atoms with van der Waals surface area (Å²) in [4.78, 5) is 23.4. The number of nitrogens with zero attached hydrogens (tertiary/aromatic N) is 2. The van der Waals surface area contributed by atoms with Gasteiger partial charge in [0.05, 0.1) is 39.7 Å². The van der Waals surface area contributed by atoms with Crippen molar-refractivity contribution in [2.24, 2.45) is 5.10 Å². The number of ether oxygens (including phenoxy) is 3. The van der Waals surface area contributed by atoms with Gasteiger partial charge in [0, 0.05) is 13.1 Å². The van der Waals surface area contributed by atoms with Gasteiger partial charge in [0.25, 0.3) is 5.91 Å². The van der Waals surface area contributed by atoms with Crippen molar-refractivity contribution in [3.05, 3.63) is 53.6 Å². The number of sulfonamides is 1. The van der Waals surface area contributed by atoms with Crippen molar-refractivity contribution in [2.45, 2.75) is 4.90 Å². The van der Waals surface area contributed by atoms with Gasteiger partial charge >= 0.3 is 5.97 Å². The second-order valence-electron chi connectivity index (χ2n) is 6.18. The zero-order chi connectivity index (χ0) is 23.0. The molecule has 0 atom stereocenters. The van der Waals surface area contributed by atoms with Crippen LogP contribution in [-0.4, -0.2) is 65.7 Å². The molecule has 0 saturated carbocycles. The van der Waals surface area contributed by atoms with Gasteiger partial charge in [-0.25, -0.2) is 18.6 Å². The van der Waals surface area contributed by atoms with Crippen LogP contribution in [-0.2, 0) is 19.6 Å². The lowest BCUT2D eigenvalue weighted by Gasteiger charge is -2.18. The largest absolute Gasteiger partial charge is 0.497 e. The first-order valence-electron chi connectivity index (χ1n) is 8.91. The number of carbonyl (C=O) groups is 2. The minimum Gasteiger partial charge on any atom is -0.497 e. The molecule has 1 N–H and O–H groups in total. The Kier molecular flexibility index (Phi) is 8.11. The monoisotopic (exact) mass is 449 g/mol. The third-order valence-electron chi connectivity index (χ3n) is 4.16. The maximum absolute atomic E-state index is 12.9. The third kappa shape index (κ3) is 6.03. The summed E-state index contributed by atoms with van der Waals surface area (Å²) >= 11 is 0. The molecule has 10 nitrogen and oxygen atoms in total. The highest BCUT2D eigenvalue weighted by atomic mass is 32.2. The number of benzene rings is 2. The lowest BCUT2D eigenvalue weighted by molar-refractivity contribution is -0.121. The minimum absolute atomic E-state index is 0.126. The molecule has 2 aromatic rings. The highest BCUT2D eigenvalue weighted by molar-refractivity contribution is 7.89. The second kappa shape index (κ2) is 10.5. The summed E-state index contributed by atoms with van der Waals surface area (Å²) in [6.45, 7) is -0.471. The normalized spacial score (nSPS) is 11.4. The number of hydrazone groups is 1. The van der Waals surface area contributed by atoms with Crippen molar-refractivity contribution < 1.29 is 32.2 Å². The van der Waals surface area contributed by atoms with E-state index in [-0.39, 0.29) is 10.6 Å². The number of esters is 1. The quantitative estimate of drug-likeness (QED) is 0.347. The van der Waals surface area contributed by atoms with Crippen molar-refractivity contribution in [1.29, 1.82) is 0 Å². The smallest absolute Gasteiger partial charge is 0.337 e. The average Bonchev–Trinajstić information content (AvgIpc) is 2.78. The molecule has 0 aromatic heterocycles. The average molecular weight is 449 g/mol. The summed E-state index contributed by atoms with van der Waals surface area (Å²) in [7, 11) is 1.28. The van der Waals surface area contributed by atoms with Gasteiger partial charge in [-0.1, -0.05) is 12.1 Å². The van der Waals surface area contributed by atoms with Crippen molar-refractivity contribution >= 4 is 28.1 Å². The molecule has 0 radical (unpaired) electrons. The molecule has 2 aromatic carbocycles. The van der Waals surface area contributed by atoms with Gasteiger partial charge in [0.15, 0.2) is 0 Å². The molecule has 1 amide bonds. The molecule has 0 aliphatic carbocycles. The molecule has 0 aliphatic rings. The molecule has 31 heavy (non-hydrogen) atoms.